The van der Waals surface area contributed by atoms with E-state index in [0.717, 1.165) is 22.7 Å². The fourth-order valence-electron chi connectivity index (χ4n) is 2.02. The minimum absolute atomic E-state index is 0.236. The Kier molecular flexibility index (Phi) is 4.83. The Morgan fingerprint density at radius 3 is 2.77 bits per heavy atom. The fraction of sp³-hybridized carbons (Fsp3) is 0.250. The van der Waals surface area contributed by atoms with Gasteiger partial charge in [-0.05, 0) is 35.8 Å². The minimum atomic E-state index is 0.236. The predicted molar refractivity (Wildman–Crippen MR) is 91.0 cm³/mol. The van der Waals surface area contributed by atoms with Crippen LogP contribution in [0.5, 0.6) is 0 Å². The van der Waals surface area contributed by atoms with Crippen molar-refractivity contribution in [3.05, 3.63) is 59.0 Å². The maximum absolute atomic E-state index is 7.39. The summed E-state index contributed by atoms with van der Waals surface area (Å²) in [5.74, 6) is 1.27. The number of likely N-dealkylation sites (N-methyl/N-ethyl adjacent to an activating group) is 1. The number of rotatable bonds is 5. The second-order valence-corrected chi connectivity index (χ2v) is 5.29. The molecule has 2 heterocycles. The van der Waals surface area contributed by atoms with Gasteiger partial charge in [-0.2, -0.15) is 0 Å². The number of nitrogens with one attached hydrogen (secondary N) is 4. The van der Waals surface area contributed by atoms with Crippen molar-refractivity contribution >= 4 is 12.1 Å². The smallest absolute Gasteiger partial charge is 0.132 e. The van der Waals surface area contributed by atoms with E-state index < -0.39 is 0 Å². The molecule has 6 N–H and O–H groups in total. The van der Waals surface area contributed by atoms with Crippen molar-refractivity contribution < 1.29 is 0 Å². The Balaban J connectivity index is 2.19. The van der Waals surface area contributed by atoms with Gasteiger partial charge in [-0.25, -0.2) is 4.99 Å². The largest absolute Gasteiger partial charge is 0.387 e. The molecule has 6 heteroatoms. The molecule has 0 atom stereocenters. The zero-order valence-corrected chi connectivity index (χ0v) is 13.1. The maximum atomic E-state index is 7.39. The number of fused-ring (bicyclic) bond motifs is 1. The Hall–Kier alpha value is -2.76. The molecule has 0 amide bonds. The lowest BCUT2D eigenvalue weighted by molar-refractivity contribution is 0.806. The average Bonchev–Trinajstić information content (AvgIpc) is 2.51. The number of dihydropyridines is 2. The number of allylic oxidation sites excluding steroid dienone is 4. The highest BCUT2D eigenvalue weighted by molar-refractivity contribution is 5.97. The summed E-state index contributed by atoms with van der Waals surface area (Å²) in [7, 11) is 1.87. The molecule has 0 bridgehead atoms. The van der Waals surface area contributed by atoms with Crippen molar-refractivity contribution in [1.82, 2.24) is 16.0 Å². The second-order valence-electron chi connectivity index (χ2n) is 5.29. The maximum Gasteiger partial charge on any atom is 0.132 e. The molecule has 0 saturated heterocycles. The highest BCUT2D eigenvalue weighted by Crippen LogP contribution is 2.18. The van der Waals surface area contributed by atoms with Crippen LogP contribution in [0.2, 0.25) is 0 Å². The monoisotopic (exact) mass is 298 g/mol. The summed E-state index contributed by atoms with van der Waals surface area (Å²) in [5, 5.41) is 16.9. The summed E-state index contributed by atoms with van der Waals surface area (Å²) in [4.78, 5) is 4.36. The quantitative estimate of drug-likeness (QED) is 0.392. The van der Waals surface area contributed by atoms with E-state index in [1.54, 1.807) is 6.08 Å². The predicted octanol–water partition coefficient (Wildman–Crippen LogP) is 1.45. The molecular weight excluding hydrogens is 276 g/mol. The molecular formula is C16H22N6. The SMILES string of the molecule is CNC1=CNC2=CC=C(N=C(N)C=C(C=N)C(C)C)NC2=C1. The van der Waals surface area contributed by atoms with Crippen LogP contribution < -0.4 is 21.7 Å². The standard InChI is InChI=1S/C16H22N6/c1-10(2)11(8-17)6-15(18)22-16-5-4-13-14(21-16)7-12(19-3)9-20-13/h4-10,17,19-21H,1-3H3,(H2,18,22). The summed E-state index contributed by atoms with van der Waals surface area (Å²) >= 11 is 0. The van der Waals surface area contributed by atoms with Crippen LogP contribution in [0.1, 0.15) is 13.8 Å². The molecule has 0 saturated carbocycles. The van der Waals surface area contributed by atoms with Crippen LogP contribution in [0.4, 0.5) is 0 Å². The van der Waals surface area contributed by atoms with E-state index in [1.165, 1.54) is 6.21 Å². The third kappa shape index (κ3) is 3.66. The highest BCUT2D eigenvalue weighted by Gasteiger charge is 2.14. The van der Waals surface area contributed by atoms with Gasteiger partial charge in [0.2, 0.25) is 0 Å². The lowest BCUT2D eigenvalue weighted by Crippen LogP contribution is -2.28. The summed E-state index contributed by atoms with van der Waals surface area (Å²) < 4.78 is 0. The first-order chi connectivity index (χ1) is 10.5. The number of hydrogen-bond acceptors (Lipinski definition) is 5. The summed E-state index contributed by atoms with van der Waals surface area (Å²) in [6.07, 6.45) is 10.7. The highest BCUT2D eigenvalue weighted by atomic mass is 15.1. The first kappa shape index (κ1) is 15.6. The van der Waals surface area contributed by atoms with Gasteiger partial charge in [0.1, 0.15) is 11.7 Å². The Morgan fingerprint density at radius 1 is 1.36 bits per heavy atom. The van der Waals surface area contributed by atoms with E-state index in [1.807, 2.05) is 45.3 Å². The van der Waals surface area contributed by atoms with Gasteiger partial charge in [-0.1, -0.05) is 13.8 Å². The van der Waals surface area contributed by atoms with Crippen molar-refractivity contribution in [2.75, 3.05) is 7.05 Å². The number of aliphatic imine (C=N–C) groups is 1. The molecule has 2 rings (SSSR count). The fourth-order valence-corrected chi connectivity index (χ4v) is 2.02. The van der Waals surface area contributed by atoms with Crippen LogP contribution in [-0.2, 0) is 0 Å². The topological polar surface area (TPSA) is 98.3 Å². The average molecular weight is 298 g/mol. The van der Waals surface area contributed by atoms with E-state index in [2.05, 4.69) is 20.9 Å². The molecule has 0 fully saturated rings. The van der Waals surface area contributed by atoms with Gasteiger partial charge < -0.3 is 27.1 Å². The molecule has 0 spiro atoms. The van der Waals surface area contributed by atoms with E-state index in [0.29, 0.717) is 11.7 Å². The zero-order valence-electron chi connectivity index (χ0n) is 13.1. The first-order valence-corrected chi connectivity index (χ1v) is 7.15. The first-order valence-electron chi connectivity index (χ1n) is 7.15. The summed E-state index contributed by atoms with van der Waals surface area (Å²) in [6, 6.07) is 0. The zero-order chi connectivity index (χ0) is 16.1. The van der Waals surface area contributed by atoms with Gasteiger partial charge in [-0.15, -0.1) is 0 Å². The van der Waals surface area contributed by atoms with Crippen LogP contribution in [0.3, 0.4) is 0 Å². The van der Waals surface area contributed by atoms with Crippen LogP contribution in [0, 0.1) is 11.3 Å². The molecule has 6 nitrogen and oxygen atoms in total. The van der Waals surface area contributed by atoms with Crippen molar-refractivity contribution in [3.63, 3.8) is 0 Å². The molecule has 116 valence electrons. The van der Waals surface area contributed by atoms with Crippen molar-refractivity contribution in [1.29, 1.82) is 5.41 Å². The van der Waals surface area contributed by atoms with Gasteiger partial charge >= 0.3 is 0 Å². The Morgan fingerprint density at radius 2 is 2.14 bits per heavy atom. The van der Waals surface area contributed by atoms with Crippen LogP contribution >= 0.6 is 0 Å². The molecule has 22 heavy (non-hydrogen) atoms. The molecule has 0 aromatic rings. The van der Waals surface area contributed by atoms with Gasteiger partial charge in [0, 0.05) is 19.5 Å². The molecule has 2 aliphatic heterocycles. The Labute approximate surface area is 130 Å². The third-order valence-corrected chi connectivity index (χ3v) is 3.33. The summed E-state index contributed by atoms with van der Waals surface area (Å²) in [6.45, 7) is 4.03. The molecule has 0 unspecified atom stereocenters. The normalized spacial score (nSPS) is 18.2. The van der Waals surface area contributed by atoms with E-state index in [4.69, 9.17) is 11.1 Å². The van der Waals surface area contributed by atoms with E-state index in [9.17, 15) is 0 Å². The van der Waals surface area contributed by atoms with Crippen molar-refractivity contribution in [3.8, 4) is 0 Å². The molecule has 0 aromatic heterocycles. The van der Waals surface area contributed by atoms with E-state index in [-0.39, 0.29) is 5.92 Å². The number of amidine groups is 1. The third-order valence-electron chi connectivity index (χ3n) is 3.33. The minimum Gasteiger partial charge on any atom is -0.387 e. The molecule has 0 radical (unpaired) electrons. The van der Waals surface area contributed by atoms with Crippen LogP contribution in [0.15, 0.2) is 64.0 Å². The van der Waals surface area contributed by atoms with Crippen LogP contribution in [0.25, 0.3) is 0 Å². The number of nitrogens with zero attached hydrogens (tertiary/aromatic N) is 1. The van der Waals surface area contributed by atoms with Gasteiger partial charge in [0.25, 0.3) is 0 Å². The van der Waals surface area contributed by atoms with Gasteiger partial charge in [-0.3, -0.25) is 0 Å². The summed E-state index contributed by atoms with van der Waals surface area (Å²) in [5.41, 5.74) is 9.68. The molecule has 0 aliphatic carbocycles. The molecule has 2 aliphatic rings. The lowest BCUT2D eigenvalue weighted by Gasteiger charge is -2.22. The van der Waals surface area contributed by atoms with Crippen molar-refractivity contribution in [2.24, 2.45) is 16.6 Å². The number of hydrogen-bond donors (Lipinski definition) is 5. The number of nitrogens with two attached hydrogens (primary N) is 1. The van der Waals surface area contributed by atoms with Gasteiger partial charge in [0.05, 0.1) is 17.1 Å². The van der Waals surface area contributed by atoms with Crippen LogP contribution in [-0.4, -0.2) is 19.1 Å². The lowest BCUT2D eigenvalue weighted by atomic mass is 10.0. The second kappa shape index (κ2) is 6.80. The molecule has 0 aromatic carbocycles. The van der Waals surface area contributed by atoms with Gasteiger partial charge in [0.15, 0.2) is 0 Å². The Bertz CT molecular complexity index is 644. The van der Waals surface area contributed by atoms with E-state index >= 15 is 0 Å². The van der Waals surface area contributed by atoms with Crippen molar-refractivity contribution in [2.45, 2.75) is 13.8 Å².